The summed E-state index contributed by atoms with van der Waals surface area (Å²) in [5.74, 6) is 1.31. The van der Waals surface area contributed by atoms with Gasteiger partial charge in [0.25, 0.3) is 0 Å². The minimum absolute atomic E-state index is 0.0895. The monoisotopic (exact) mass is 454 g/mol. The molecular weight excluding hydrogens is 424 g/mol. The van der Waals surface area contributed by atoms with Crippen molar-refractivity contribution in [1.82, 2.24) is 15.3 Å². The van der Waals surface area contributed by atoms with Crippen LogP contribution in [-0.4, -0.2) is 47.7 Å². The van der Waals surface area contributed by atoms with Gasteiger partial charge in [0.2, 0.25) is 11.9 Å². The molecule has 5 rings (SSSR count). The number of benzene rings is 1. The van der Waals surface area contributed by atoms with Gasteiger partial charge in [-0.25, -0.2) is 9.97 Å². The van der Waals surface area contributed by atoms with Gasteiger partial charge in [-0.15, -0.1) is 0 Å². The fraction of sp³-hybridized carbons (Fsp3) is 0.560. The molecule has 0 bridgehead atoms. The van der Waals surface area contributed by atoms with E-state index in [0.29, 0.717) is 37.7 Å². The number of nitrogens with one attached hydrogen (secondary N) is 1. The summed E-state index contributed by atoms with van der Waals surface area (Å²) < 4.78 is 5.65. The van der Waals surface area contributed by atoms with Crippen molar-refractivity contribution in [2.75, 3.05) is 24.7 Å². The van der Waals surface area contributed by atoms with Crippen LogP contribution in [0.3, 0.4) is 0 Å². The van der Waals surface area contributed by atoms with E-state index in [2.05, 4.69) is 32.3 Å². The van der Waals surface area contributed by atoms with Crippen LogP contribution in [0.4, 0.5) is 5.95 Å². The summed E-state index contributed by atoms with van der Waals surface area (Å²) in [7, 11) is 0. The van der Waals surface area contributed by atoms with Crippen molar-refractivity contribution < 1.29 is 9.53 Å². The Morgan fingerprint density at radius 1 is 1.12 bits per heavy atom. The number of halogens is 1. The number of nitrogens with zero attached hydrogens (tertiary/aromatic N) is 3. The molecule has 1 amide bonds. The molecule has 2 aromatic rings. The lowest BCUT2D eigenvalue weighted by Gasteiger charge is -2.38. The molecule has 0 radical (unpaired) electrons. The molecule has 7 heteroatoms. The summed E-state index contributed by atoms with van der Waals surface area (Å²) in [6, 6.07) is 10.0. The lowest BCUT2D eigenvalue weighted by molar-refractivity contribution is -0.122. The number of aromatic nitrogens is 2. The fourth-order valence-corrected chi connectivity index (χ4v) is 6.04. The predicted octanol–water partition coefficient (Wildman–Crippen LogP) is 4.13. The largest absolute Gasteiger partial charge is 0.381 e. The molecule has 32 heavy (non-hydrogen) atoms. The number of ether oxygens (including phenoxy) is 1. The van der Waals surface area contributed by atoms with Crippen LogP contribution in [0, 0.1) is 5.92 Å². The van der Waals surface area contributed by atoms with Gasteiger partial charge in [-0.3, -0.25) is 4.79 Å². The Morgan fingerprint density at radius 2 is 1.84 bits per heavy atom. The SMILES string of the molecule is O=C(NCC1(c2ccc(Cl)cc2)CCOCC1)[C@@H]1C[C@@H]2CCCC[C@@H]2N1c1ncccn1. The minimum Gasteiger partial charge on any atom is -0.381 e. The molecular formula is C25H31ClN4O2. The predicted molar refractivity (Wildman–Crippen MR) is 125 cm³/mol. The Bertz CT molecular complexity index is 917. The summed E-state index contributed by atoms with van der Waals surface area (Å²) in [6.07, 6.45) is 10.9. The molecule has 3 aliphatic rings. The average molecular weight is 455 g/mol. The number of rotatable bonds is 5. The van der Waals surface area contributed by atoms with Crippen LogP contribution in [0.1, 0.15) is 50.5 Å². The Hall–Kier alpha value is -2.18. The third-order valence-electron chi connectivity index (χ3n) is 7.68. The van der Waals surface area contributed by atoms with E-state index in [4.69, 9.17) is 16.3 Å². The smallest absolute Gasteiger partial charge is 0.242 e. The van der Waals surface area contributed by atoms with Gasteiger partial charge in [0, 0.05) is 48.6 Å². The highest BCUT2D eigenvalue weighted by atomic mass is 35.5. The van der Waals surface area contributed by atoms with Crippen LogP contribution in [0.2, 0.25) is 5.02 Å². The van der Waals surface area contributed by atoms with Crippen LogP contribution in [0.5, 0.6) is 0 Å². The van der Waals surface area contributed by atoms with Gasteiger partial charge in [-0.1, -0.05) is 36.6 Å². The molecule has 1 aromatic carbocycles. The Morgan fingerprint density at radius 3 is 2.59 bits per heavy atom. The number of carbonyl (C=O) groups excluding carboxylic acids is 1. The maximum atomic E-state index is 13.6. The van der Waals surface area contributed by atoms with Gasteiger partial charge in [-0.05, 0) is 61.8 Å². The van der Waals surface area contributed by atoms with Crippen molar-refractivity contribution in [3.8, 4) is 0 Å². The van der Waals surface area contributed by atoms with Crippen molar-refractivity contribution in [2.45, 2.75) is 62.4 Å². The maximum Gasteiger partial charge on any atom is 0.242 e. The van der Waals surface area contributed by atoms with Crippen molar-refractivity contribution in [2.24, 2.45) is 5.92 Å². The molecule has 0 unspecified atom stereocenters. The molecule has 0 spiro atoms. The van der Waals surface area contributed by atoms with Gasteiger partial charge in [0.15, 0.2) is 0 Å². The molecule has 3 atom stereocenters. The van der Waals surface area contributed by atoms with Crippen LogP contribution in [0.15, 0.2) is 42.7 Å². The second kappa shape index (κ2) is 9.36. The van der Waals surface area contributed by atoms with Crippen molar-refractivity contribution in [3.05, 3.63) is 53.3 Å². The zero-order valence-electron chi connectivity index (χ0n) is 18.4. The van der Waals surface area contributed by atoms with Crippen molar-refractivity contribution >= 4 is 23.5 Å². The number of anilines is 1. The number of hydrogen-bond donors (Lipinski definition) is 1. The van der Waals surface area contributed by atoms with E-state index in [1.54, 1.807) is 12.4 Å². The first-order valence-electron chi connectivity index (χ1n) is 11.8. The standard InChI is InChI=1S/C25H31ClN4O2/c26-20-8-6-19(7-9-20)25(10-14-32-15-11-25)17-29-23(31)22-16-18-4-1-2-5-21(18)30(22)24-27-12-3-13-28-24/h3,6-9,12-13,18,21-22H,1-2,4-5,10-11,14-17H2,(H,29,31)/t18-,21-,22-/m0/s1. The average Bonchev–Trinajstić information content (AvgIpc) is 3.24. The van der Waals surface area contributed by atoms with E-state index < -0.39 is 0 Å². The van der Waals surface area contributed by atoms with Gasteiger partial charge >= 0.3 is 0 Å². The van der Waals surface area contributed by atoms with Crippen LogP contribution in [0.25, 0.3) is 0 Å². The minimum atomic E-state index is -0.215. The number of hydrogen-bond acceptors (Lipinski definition) is 5. The molecule has 1 aliphatic carbocycles. The molecule has 3 heterocycles. The second-order valence-corrected chi connectivity index (χ2v) is 9.87. The first-order valence-corrected chi connectivity index (χ1v) is 12.2. The molecule has 170 valence electrons. The quantitative estimate of drug-likeness (QED) is 0.735. The van der Waals surface area contributed by atoms with E-state index in [9.17, 15) is 4.79 Å². The van der Waals surface area contributed by atoms with Crippen LogP contribution >= 0.6 is 11.6 Å². The van der Waals surface area contributed by atoms with Gasteiger partial charge in [0.1, 0.15) is 6.04 Å². The summed E-state index contributed by atoms with van der Waals surface area (Å²) >= 11 is 6.13. The summed E-state index contributed by atoms with van der Waals surface area (Å²) in [6.45, 7) is 2.01. The lowest BCUT2D eigenvalue weighted by Crippen LogP contribution is -2.51. The topological polar surface area (TPSA) is 67.3 Å². The molecule has 3 fully saturated rings. The van der Waals surface area contributed by atoms with Gasteiger partial charge < -0.3 is 15.0 Å². The summed E-state index contributed by atoms with van der Waals surface area (Å²) in [5, 5.41) is 4.06. The van der Waals surface area contributed by atoms with E-state index in [-0.39, 0.29) is 17.4 Å². The van der Waals surface area contributed by atoms with Crippen molar-refractivity contribution in [1.29, 1.82) is 0 Å². The van der Waals surface area contributed by atoms with E-state index in [1.807, 2.05) is 18.2 Å². The summed E-state index contributed by atoms with van der Waals surface area (Å²) in [4.78, 5) is 24.8. The highest BCUT2D eigenvalue weighted by molar-refractivity contribution is 6.30. The van der Waals surface area contributed by atoms with Crippen LogP contribution < -0.4 is 10.2 Å². The molecule has 6 nitrogen and oxygen atoms in total. The van der Waals surface area contributed by atoms with E-state index in [1.165, 1.54) is 24.8 Å². The Balaban J connectivity index is 1.36. The lowest BCUT2D eigenvalue weighted by atomic mass is 9.74. The molecule has 1 aromatic heterocycles. The van der Waals surface area contributed by atoms with Gasteiger partial charge in [0.05, 0.1) is 0 Å². The van der Waals surface area contributed by atoms with E-state index in [0.717, 1.165) is 30.7 Å². The normalized spacial score (nSPS) is 27.0. The zero-order valence-corrected chi connectivity index (χ0v) is 19.1. The third kappa shape index (κ3) is 4.23. The molecule has 1 saturated carbocycles. The number of amides is 1. The van der Waals surface area contributed by atoms with Crippen molar-refractivity contribution in [3.63, 3.8) is 0 Å². The second-order valence-electron chi connectivity index (χ2n) is 9.44. The molecule has 2 aliphatic heterocycles. The maximum absolute atomic E-state index is 13.6. The number of fused-ring (bicyclic) bond motifs is 1. The first kappa shape index (κ1) is 21.7. The molecule has 1 N–H and O–H groups in total. The first-order chi connectivity index (χ1) is 15.7. The third-order valence-corrected chi connectivity index (χ3v) is 7.93. The fourth-order valence-electron chi connectivity index (χ4n) is 5.91. The Labute approximate surface area is 194 Å². The highest BCUT2D eigenvalue weighted by Gasteiger charge is 2.46. The number of carbonyl (C=O) groups is 1. The molecule has 2 saturated heterocycles. The van der Waals surface area contributed by atoms with E-state index >= 15 is 0 Å². The summed E-state index contributed by atoms with van der Waals surface area (Å²) in [5.41, 5.74) is 1.09. The highest BCUT2D eigenvalue weighted by Crippen LogP contribution is 2.41. The Kier molecular flexibility index (Phi) is 6.33. The van der Waals surface area contributed by atoms with Crippen LogP contribution in [-0.2, 0) is 14.9 Å². The zero-order chi connectivity index (χ0) is 22.0. The van der Waals surface area contributed by atoms with Gasteiger partial charge in [-0.2, -0.15) is 0 Å².